The highest BCUT2D eigenvalue weighted by Gasteiger charge is 2.49. The SMILES string of the molecule is CCOC(=O)C(CC)(CC(=O)O)C(C)(C)C. The Bertz CT molecular complexity index is 265. The molecule has 0 aliphatic heterocycles. The maximum Gasteiger partial charge on any atom is 0.313 e. The molecule has 1 atom stereocenters. The number of hydrogen-bond donors (Lipinski definition) is 1. The molecule has 16 heavy (non-hydrogen) atoms. The van der Waals surface area contributed by atoms with Crippen LogP contribution in [0.3, 0.4) is 0 Å². The van der Waals surface area contributed by atoms with Gasteiger partial charge in [0.25, 0.3) is 0 Å². The zero-order valence-corrected chi connectivity index (χ0v) is 10.8. The third-order valence-corrected chi connectivity index (χ3v) is 3.16. The lowest BCUT2D eigenvalue weighted by Crippen LogP contribution is -2.45. The van der Waals surface area contributed by atoms with Gasteiger partial charge in [0.05, 0.1) is 18.4 Å². The second-order valence-corrected chi connectivity index (χ2v) is 4.98. The average Bonchev–Trinajstić information content (AvgIpc) is 2.12. The maximum atomic E-state index is 12.0. The summed E-state index contributed by atoms with van der Waals surface area (Å²) in [4.78, 5) is 22.9. The highest BCUT2D eigenvalue weighted by molar-refractivity contribution is 5.83. The largest absolute Gasteiger partial charge is 0.481 e. The van der Waals surface area contributed by atoms with Crippen LogP contribution in [0.4, 0.5) is 0 Å². The molecule has 0 aliphatic carbocycles. The monoisotopic (exact) mass is 230 g/mol. The van der Waals surface area contributed by atoms with Crippen molar-refractivity contribution in [2.24, 2.45) is 10.8 Å². The number of aliphatic carboxylic acids is 1. The summed E-state index contributed by atoms with van der Waals surface area (Å²) in [5, 5.41) is 8.95. The van der Waals surface area contributed by atoms with E-state index in [9.17, 15) is 9.59 Å². The molecule has 0 aromatic rings. The van der Waals surface area contributed by atoms with E-state index in [0.717, 1.165) is 0 Å². The Morgan fingerprint density at radius 2 is 1.69 bits per heavy atom. The first-order valence-corrected chi connectivity index (χ1v) is 5.60. The van der Waals surface area contributed by atoms with Gasteiger partial charge in [-0.2, -0.15) is 0 Å². The van der Waals surface area contributed by atoms with Crippen molar-refractivity contribution in [3.63, 3.8) is 0 Å². The lowest BCUT2D eigenvalue weighted by molar-refractivity contribution is -0.169. The van der Waals surface area contributed by atoms with E-state index in [4.69, 9.17) is 9.84 Å². The molecule has 0 bridgehead atoms. The van der Waals surface area contributed by atoms with Crippen LogP contribution < -0.4 is 0 Å². The highest BCUT2D eigenvalue weighted by Crippen LogP contribution is 2.45. The summed E-state index contributed by atoms with van der Waals surface area (Å²) >= 11 is 0. The fraction of sp³-hybridized carbons (Fsp3) is 0.833. The number of rotatable bonds is 5. The zero-order chi connectivity index (χ0) is 13.0. The number of ether oxygens (including phenoxy) is 1. The van der Waals surface area contributed by atoms with E-state index in [1.54, 1.807) is 6.92 Å². The minimum atomic E-state index is -0.968. The third kappa shape index (κ3) is 2.97. The van der Waals surface area contributed by atoms with Crippen LogP contribution >= 0.6 is 0 Å². The average molecular weight is 230 g/mol. The van der Waals surface area contributed by atoms with Gasteiger partial charge >= 0.3 is 11.9 Å². The molecule has 0 rings (SSSR count). The molecule has 0 radical (unpaired) electrons. The molecule has 0 aromatic heterocycles. The smallest absolute Gasteiger partial charge is 0.313 e. The first-order chi connectivity index (χ1) is 7.21. The Hall–Kier alpha value is -1.06. The summed E-state index contributed by atoms with van der Waals surface area (Å²) in [6.45, 7) is 9.44. The minimum Gasteiger partial charge on any atom is -0.481 e. The molecule has 0 fully saturated rings. The van der Waals surface area contributed by atoms with Crippen molar-refractivity contribution < 1.29 is 19.4 Å². The number of hydrogen-bond acceptors (Lipinski definition) is 3. The Balaban J connectivity index is 5.28. The Morgan fingerprint density at radius 1 is 1.19 bits per heavy atom. The van der Waals surface area contributed by atoms with E-state index in [1.807, 2.05) is 27.7 Å². The quantitative estimate of drug-likeness (QED) is 0.737. The van der Waals surface area contributed by atoms with Crippen LogP contribution in [0.15, 0.2) is 0 Å². The first-order valence-electron chi connectivity index (χ1n) is 5.60. The van der Waals surface area contributed by atoms with Crippen LogP contribution in [0.5, 0.6) is 0 Å². The Morgan fingerprint density at radius 3 is 1.94 bits per heavy atom. The molecule has 0 aliphatic rings. The Kier molecular flexibility index (Phi) is 4.97. The summed E-state index contributed by atoms with van der Waals surface area (Å²) in [5.41, 5.74) is -1.39. The van der Waals surface area contributed by atoms with Gasteiger partial charge in [-0.05, 0) is 18.8 Å². The molecule has 0 saturated heterocycles. The Labute approximate surface area is 97.0 Å². The summed E-state index contributed by atoms with van der Waals surface area (Å²) < 4.78 is 5.02. The van der Waals surface area contributed by atoms with Crippen molar-refractivity contribution in [3.05, 3.63) is 0 Å². The van der Waals surface area contributed by atoms with Crippen molar-refractivity contribution in [3.8, 4) is 0 Å². The van der Waals surface area contributed by atoms with Crippen LogP contribution in [0, 0.1) is 10.8 Å². The normalized spacial score (nSPS) is 15.3. The summed E-state index contributed by atoms with van der Waals surface area (Å²) in [6.07, 6.45) is 0.271. The molecule has 0 amide bonds. The van der Waals surface area contributed by atoms with Gasteiger partial charge in [0.2, 0.25) is 0 Å². The van der Waals surface area contributed by atoms with Gasteiger partial charge in [-0.25, -0.2) is 0 Å². The molecular weight excluding hydrogens is 208 g/mol. The number of carbonyl (C=O) groups is 2. The van der Waals surface area contributed by atoms with Crippen molar-refractivity contribution in [1.82, 2.24) is 0 Å². The summed E-state index contributed by atoms with van der Waals surface area (Å²) in [6, 6.07) is 0. The van der Waals surface area contributed by atoms with Crippen molar-refractivity contribution in [2.75, 3.05) is 6.61 Å². The predicted octanol–water partition coefficient (Wildman–Crippen LogP) is 2.47. The number of carboxylic acids is 1. The molecule has 1 N–H and O–H groups in total. The van der Waals surface area contributed by atoms with Gasteiger partial charge in [0, 0.05) is 0 Å². The fourth-order valence-electron chi connectivity index (χ4n) is 1.97. The van der Waals surface area contributed by atoms with Gasteiger partial charge in [0.15, 0.2) is 0 Å². The molecule has 94 valence electrons. The number of esters is 1. The second-order valence-electron chi connectivity index (χ2n) is 4.98. The maximum absolute atomic E-state index is 12.0. The summed E-state index contributed by atoms with van der Waals surface area (Å²) in [5.74, 6) is -1.38. The molecule has 4 nitrogen and oxygen atoms in total. The lowest BCUT2D eigenvalue weighted by Gasteiger charge is -2.40. The van der Waals surface area contributed by atoms with Crippen molar-refractivity contribution in [1.29, 1.82) is 0 Å². The first kappa shape index (κ1) is 14.9. The highest BCUT2D eigenvalue weighted by atomic mass is 16.5. The van der Waals surface area contributed by atoms with E-state index in [-0.39, 0.29) is 13.0 Å². The van der Waals surface area contributed by atoms with Gasteiger partial charge < -0.3 is 9.84 Å². The standard InChI is InChI=1S/C12H22O4/c1-6-12(8-9(13)14,11(3,4)5)10(15)16-7-2/h6-8H2,1-5H3,(H,13,14). The van der Waals surface area contributed by atoms with E-state index >= 15 is 0 Å². The van der Waals surface area contributed by atoms with Gasteiger partial charge in [-0.15, -0.1) is 0 Å². The molecule has 0 aromatic carbocycles. The fourth-order valence-corrected chi connectivity index (χ4v) is 1.97. The molecule has 0 saturated carbocycles. The summed E-state index contributed by atoms with van der Waals surface area (Å²) in [7, 11) is 0. The number of carbonyl (C=O) groups excluding carboxylic acids is 1. The number of carboxylic acid groups (broad SMARTS) is 1. The molecular formula is C12H22O4. The van der Waals surface area contributed by atoms with Crippen LogP contribution in [-0.2, 0) is 14.3 Å². The third-order valence-electron chi connectivity index (χ3n) is 3.16. The van der Waals surface area contributed by atoms with Crippen LogP contribution in [0.1, 0.15) is 47.5 Å². The van der Waals surface area contributed by atoms with E-state index < -0.39 is 22.8 Å². The minimum absolute atomic E-state index is 0.189. The zero-order valence-electron chi connectivity index (χ0n) is 10.8. The lowest BCUT2D eigenvalue weighted by atomic mass is 9.63. The molecule has 0 spiro atoms. The van der Waals surface area contributed by atoms with Crippen molar-refractivity contribution in [2.45, 2.75) is 47.5 Å². The predicted molar refractivity (Wildman–Crippen MR) is 61.1 cm³/mol. The molecule has 4 heteroatoms. The van der Waals surface area contributed by atoms with Crippen LogP contribution in [-0.4, -0.2) is 23.7 Å². The van der Waals surface area contributed by atoms with Gasteiger partial charge in [-0.3, -0.25) is 9.59 Å². The van der Waals surface area contributed by atoms with E-state index in [2.05, 4.69) is 0 Å². The second kappa shape index (κ2) is 5.32. The van der Waals surface area contributed by atoms with E-state index in [1.165, 1.54) is 0 Å². The van der Waals surface area contributed by atoms with Crippen LogP contribution in [0.25, 0.3) is 0 Å². The van der Waals surface area contributed by atoms with Crippen LogP contribution in [0.2, 0.25) is 0 Å². The van der Waals surface area contributed by atoms with E-state index in [0.29, 0.717) is 6.42 Å². The van der Waals surface area contributed by atoms with Gasteiger partial charge in [-0.1, -0.05) is 27.7 Å². The molecule has 1 unspecified atom stereocenters. The topological polar surface area (TPSA) is 63.6 Å². The van der Waals surface area contributed by atoms with Crippen molar-refractivity contribution >= 4 is 11.9 Å². The van der Waals surface area contributed by atoms with Gasteiger partial charge in [0.1, 0.15) is 0 Å². The molecule has 0 heterocycles.